The minimum atomic E-state index is -0.323. The van der Waals surface area contributed by atoms with Gasteiger partial charge in [-0.1, -0.05) is 24.3 Å². The van der Waals surface area contributed by atoms with Crippen LogP contribution in [-0.4, -0.2) is 69.6 Å². The molecule has 3 saturated heterocycles. The molecule has 3 aliphatic heterocycles. The van der Waals surface area contributed by atoms with Crippen LogP contribution in [0, 0.1) is 5.92 Å². The zero-order valence-corrected chi connectivity index (χ0v) is 21.0. The zero-order valence-electron chi connectivity index (χ0n) is 21.0. The van der Waals surface area contributed by atoms with Gasteiger partial charge in [-0.15, -0.1) is 0 Å². The Balaban J connectivity index is 1.08. The van der Waals surface area contributed by atoms with Gasteiger partial charge >= 0.3 is 6.09 Å². The van der Waals surface area contributed by atoms with E-state index in [1.165, 1.54) is 5.56 Å². The summed E-state index contributed by atoms with van der Waals surface area (Å²) >= 11 is 0. The summed E-state index contributed by atoms with van der Waals surface area (Å²) in [5.74, 6) is 1.81. The molecule has 36 heavy (non-hydrogen) atoms. The fraction of sp³-hybridized carbons (Fsp3) is 0.556. The van der Waals surface area contributed by atoms with E-state index in [0.717, 1.165) is 50.9 Å². The van der Waals surface area contributed by atoms with Gasteiger partial charge in [-0.2, -0.15) is 4.98 Å². The van der Waals surface area contributed by atoms with Crippen LogP contribution in [0.25, 0.3) is 0 Å². The number of ether oxygens (including phenoxy) is 1. The van der Waals surface area contributed by atoms with E-state index in [4.69, 9.17) is 4.74 Å². The van der Waals surface area contributed by atoms with Crippen molar-refractivity contribution >= 4 is 23.8 Å². The van der Waals surface area contributed by atoms with Crippen LogP contribution in [0.4, 0.5) is 16.6 Å². The normalized spacial score (nSPS) is 26.7. The van der Waals surface area contributed by atoms with Crippen molar-refractivity contribution in [2.45, 2.75) is 70.2 Å². The molecule has 1 saturated carbocycles. The molecular weight excluding hydrogens is 456 g/mol. The second-order valence-electron chi connectivity index (χ2n) is 10.7. The van der Waals surface area contributed by atoms with Crippen molar-refractivity contribution in [3.63, 3.8) is 0 Å². The second-order valence-corrected chi connectivity index (χ2v) is 10.7. The maximum Gasteiger partial charge on any atom is 0.415 e. The summed E-state index contributed by atoms with van der Waals surface area (Å²) in [7, 11) is 0. The molecule has 6 rings (SSSR count). The van der Waals surface area contributed by atoms with Gasteiger partial charge in [0, 0.05) is 44.8 Å². The van der Waals surface area contributed by atoms with Crippen LogP contribution in [0.15, 0.2) is 36.5 Å². The Morgan fingerprint density at radius 2 is 1.83 bits per heavy atom. The first-order valence-corrected chi connectivity index (χ1v) is 13.1. The van der Waals surface area contributed by atoms with E-state index in [9.17, 15) is 9.59 Å². The highest BCUT2D eigenvalue weighted by molar-refractivity contribution is 5.89. The fourth-order valence-electron chi connectivity index (χ4n) is 6.16. The van der Waals surface area contributed by atoms with Crippen LogP contribution in [0.3, 0.4) is 0 Å². The number of fused-ring (bicyclic) bond motifs is 2. The van der Waals surface area contributed by atoms with E-state index >= 15 is 0 Å². The average Bonchev–Trinajstić information content (AvgIpc) is 3.57. The van der Waals surface area contributed by atoms with Crippen LogP contribution in [-0.2, 0) is 16.1 Å². The predicted octanol–water partition coefficient (Wildman–Crippen LogP) is 3.58. The number of cyclic esters (lactones) is 1. The Hall–Kier alpha value is -3.20. The van der Waals surface area contributed by atoms with Crippen LogP contribution in [0.5, 0.6) is 0 Å². The zero-order chi connectivity index (χ0) is 24.8. The standard InChI is InChI=1S/C27H34N6O3/c1-17(29-26-28-12-11-25(30-26)33-24(21-7-8-21)16-36-27(33)35)20-5-3-19(4-6-20)13-31-14-22-9-10-23(15-31)32(22)18(2)34/h3-6,11-12,17,21-24H,7-10,13-16H2,1-2H3,(H,28,29,30)/t17-,22?,23?,24+/m0/s1. The average molecular weight is 491 g/mol. The maximum atomic E-state index is 12.3. The van der Waals surface area contributed by atoms with Gasteiger partial charge in [-0.3, -0.25) is 14.6 Å². The number of nitrogens with zero attached hydrogens (tertiary/aromatic N) is 5. The second kappa shape index (κ2) is 9.35. The molecule has 4 aliphatic rings. The van der Waals surface area contributed by atoms with E-state index < -0.39 is 0 Å². The number of amides is 2. The third kappa shape index (κ3) is 4.52. The number of aromatic nitrogens is 2. The SMILES string of the molecule is CC(=O)N1C2CCC1CN(Cc1ccc([C@H](C)Nc3nccc(N4C(=O)OC[C@@H]4C4CC4)n3)cc1)C2. The minimum Gasteiger partial charge on any atom is -0.447 e. The molecule has 1 aliphatic carbocycles. The topological polar surface area (TPSA) is 90.9 Å². The smallest absolute Gasteiger partial charge is 0.415 e. The molecule has 1 aromatic heterocycles. The van der Waals surface area contributed by atoms with Crippen LogP contribution >= 0.6 is 0 Å². The summed E-state index contributed by atoms with van der Waals surface area (Å²) in [6.45, 7) is 7.03. The molecule has 2 amide bonds. The first-order valence-electron chi connectivity index (χ1n) is 13.1. The molecule has 190 valence electrons. The number of piperazine rings is 1. The monoisotopic (exact) mass is 490 g/mol. The Labute approximate surface area is 211 Å². The van der Waals surface area contributed by atoms with Gasteiger partial charge in [0.25, 0.3) is 0 Å². The molecule has 9 nitrogen and oxygen atoms in total. The Bertz CT molecular complexity index is 1120. The highest BCUT2D eigenvalue weighted by Gasteiger charge is 2.44. The lowest BCUT2D eigenvalue weighted by Gasteiger charge is -2.40. The summed E-state index contributed by atoms with van der Waals surface area (Å²) in [6, 6.07) is 11.3. The summed E-state index contributed by atoms with van der Waals surface area (Å²) in [6.07, 6.45) is 5.87. The lowest BCUT2D eigenvalue weighted by atomic mass is 10.1. The largest absolute Gasteiger partial charge is 0.447 e. The molecule has 0 spiro atoms. The number of hydrogen-bond donors (Lipinski definition) is 1. The molecule has 4 heterocycles. The molecule has 1 N–H and O–H groups in total. The number of nitrogens with one attached hydrogen (secondary N) is 1. The van der Waals surface area contributed by atoms with Gasteiger partial charge in [-0.25, -0.2) is 9.78 Å². The van der Waals surface area contributed by atoms with Gasteiger partial charge in [0.05, 0.1) is 12.1 Å². The molecule has 4 atom stereocenters. The van der Waals surface area contributed by atoms with Crippen molar-refractivity contribution in [3.8, 4) is 0 Å². The summed E-state index contributed by atoms with van der Waals surface area (Å²) in [5.41, 5.74) is 2.42. The summed E-state index contributed by atoms with van der Waals surface area (Å²) < 4.78 is 5.31. The Morgan fingerprint density at radius 1 is 1.11 bits per heavy atom. The van der Waals surface area contributed by atoms with Crippen LogP contribution in [0.1, 0.15) is 56.7 Å². The quantitative estimate of drug-likeness (QED) is 0.634. The number of benzene rings is 1. The molecule has 2 bridgehead atoms. The van der Waals surface area contributed by atoms with Crippen molar-refractivity contribution in [1.82, 2.24) is 19.8 Å². The van der Waals surface area contributed by atoms with Gasteiger partial charge in [0.15, 0.2) is 0 Å². The van der Waals surface area contributed by atoms with Gasteiger partial charge in [0.1, 0.15) is 12.4 Å². The van der Waals surface area contributed by atoms with Gasteiger partial charge in [0.2, 0.25) is 11.9 Å². The molecular formula is C27H34N6O3. The van der Waals surface area contributed by atoms with Crippen molar-refractivity contribution in [3.05, 3.63) is 47.7 Å². The number of carbonyl (C=O) groups is 2. The van der Waals surface area contributed by atoms with Crippen molar-refractivity contribution < 1.29 is 14.3 Å². The highest BCUT2D eigenvalue weighted by atomic mass is 16.6. The van der Waals surface area contributed by atoms with E-state index in [1.807, 2.05) is 0 Å². The fourth-order valence-corrected chi connectivity index (χ4v) is 6.16. The van der Waals surface area contributed by atoms with E-state index in [0.29, 0.717) is 36.4 Å². The van der Waals surface area contributed by atoms with Crippen LogP contribution in [0.2, 0.25) is 0 Å². The number of likely N-dealkylation sites (tertiary alicyclic amines) is 1. The lowest BCUT2D eigenvalue weighted by molar-refractivity contribution is -0.134. The maximum absolute atomic E-state index is 12.3. The van der Waals surface area contributed by atoms with E-state index in [1.54, 1.807) is 24.1 Å². The highest BCUT2D eigenvalue weighted by Crippen LogP contribution is 2.39. The van der Waals surface area contributed by atoms with Crippen molar-refractivity contribution in [2.24, 2.45) is 5.92 Å². The van der Waals surface area contributed by atoms with E-state index in [2.05, 4.69) is 56.3 Å². The van der Waals surface area contributed by atoms with Gasteiger partial charge in [-0.05, 0) is 55.7 Å². The lowest BCUT2D eigenvalue weighted by Crippen LogP contribution is -2.54. The molecule has 2 aromatic rings. The molecule has 9 heteroatoms. The molecule has 1 aromatic carbocycles. The third-order valence-electron chi connectivity index (χ3n) is 8.11. The minimum absolute atomic E-state index is 0.00835. The summed E-state index contributed by atoms with van der Waals surface area (Å²) in [4.78, 5) is 39.6. The number of anilines is 2. The Kier molecular flexibility index (Phi) is 6.03. The summed E-state index contributed by atoms with van der Waals surface area (Å²) in [5, 5.41) is 3.38. The van der Waals surface area contributed by atoms with Crippen LogP contribution < -0.4 is 10.2 Å². The Morgan fingerprint density at radius 3 is 2.50 bits per heavy atom. The van der Waals surface area contributed by atoms with Crippen molar-refractivity contribution in [2.75, 3.05) is 29.9 Å². The molecule has 4 fully saturated rings. The first-order chi connectivity index (χ1) is 17.5. The number of carbonyl (C=O) groups excluding carboxylic acids is 2. The van der Waals surface area contributed by atoms with E-state index in [-0.39, 0.29) is 24.1 Å². The molecule has 0 radical (unpaired) electrons. The van der Waals surface area contributed by atoms with Gasteiger partial charge < -0.3 is 15.0 Å². The molecule has 2 unspecified atom stereocenters. The first kappa shape index (κ1) is 23.2. The number of hydrogen-bond acceptors (Lipinski definition) is 7. The van der Waals surface area contributed by atoms with Crippen molar-refractivity contribution in [1.29, 1.82) is 0 Å². The predicted molar refractivity (Wildman–Crippen MR) is 135 cm³/mol. The number of rotatable bonds is 7. The third-order valence-corrected chi connectivity index (χ3v) is 8.11.